The number of benzene rings is 1. The minimum atomic E-state index is -0.0694. The van der Waals surface area contributed by atoms with Gasteiger partial charge in [0.15, 0.2) is 0 Å². The van der Waals surface area contributed by atoms with Gasteiger partial charge in [-0.3, -0.25) is 4.79 Å². The molecule has 0 aliphatic rings. The molecule has 0 aliphatic carbocycles. The Morgan fingerprint density at radius 1 is 0.759 bits per heavy atom. The Bertz CT molecular complexity index is 489. The molecular weight excluding hydrogens is 356 g/mol. The van der Waals surface area contributed by atoms with Gasteiger partial charge >= 0.3 is 0 Å². The highest BCUT2D eigenvalue weighted by Crippen LogP contribution is 2.14. The van der Waals surface area contributed by atoms with Crippen LogP contribution in [0.3, 0.4) is 0 Å². The van der Waals surface area contributed by atoms with Gasteiger partial charge in [0.2, 0.25) is 5.91 Å². The third kappa shape index (κ3) is 14.3. The predicted molar refractivity (Wildman–Crippen MR) is 126 cm³/mol. The summed E-state index contributed by atoms with van der Waals surface area (Å²) in [7, 11) is 0. The van der Waals surface area contributed by atoms with E-state index in [9.17, 15) is 4.79 Å². The molecule has 3 N–H and O–H groups in total. The predicted octanol–water partition coefficient (Wildman–Crippen LogP) is 7.06. The standard InChI is InChI=1S/C26H46N2O/c1-2-3-4-5-6-7-8-9-10-11-12-13-14-15-19-22-26(29)28-25(23-27)24-20-17-16-18-21-24/h16-18,20-21,25H,2-15,19,22-23,27H2,1H3,(H,28,29). The van der Waals surface area contributed by atoms with Gasteiger partial charge in [0, 0.05) is 13.0 Å². The molecule has 29 heavy (non-hydrogen) atoms. The van der Waals surface area contributed by atoms with Crippen molar-refractivity contribution < 1.29 is 4.79 Å². The lowest BCUT2D eigenvalue weighted by Gasteiger charge is -2.17. The first-order chi connectivity index (χ1) is 14.3. The average Bonchev–Trinajstić information content (AvgIpc) is 2.75. The number of amides is 1. The Morgan fingerprint density at radius 2 is 1.21 bits per heavy atom. The van der Waals surface area contributed by atoms with E-state index in [2.05, 4.69) is 12.2 Å². The molecule has 1 aromatic carbocycles. The SMILES string of the molecule is CCCCCCCCCCCCCCCCCC(=O)NC(CN)c1ccccc1. The van der Waals surface area contributed by atoms with E-state index in [1.807, 2.05) is 30.3 Å². The van der Waals surface area contributed by atoms with Crippen molar-refractivity contribution in [2.24, 2.45) is 5.73 Å². The van der Waals surface area contributed by atoms with Gasteiger partial charge in [0.1, 0.15) is 0 Å². The number of nitrogens with one attached hydrogen (secondary N) is 1. The van der Waals surface area contributed by atoms with Gasteiger partial charge in [0.25, 0.3) is 0 Å². The van der Waals surface area contributed by atoms with Crippen LogP contribution in [0.15, 0.2) is 30.3 Å². The molecule has 0 heterocycles. The molecule has 0 aromatic heterocycles. The number of carbonyl (C=O) groups excluding carboxylic acids is 1. The Morgan fingerprint density at radius 3 is 1.66 bits per heavy atom. The van der Waals surface area contributed by atoms with E-state index >= 15 is 0 Å². The summed E-state index contributed by atoms with van der Waals surface area (Å²) >= 11 is 0. The topological polar surface area (TPSA) is 55.1 Å². The Hall–Kier alpha value is -1.35. The van der Waals surface area contributed by atoms with E-state index in [4.69, 9.17) is 5.73 Å². The minimum absolute atomic E-state index is 0.0694. The van der Waals surface area contributed by atoms with Crippen LogP contribution in [0.5, 0.6) is 0 Å². The molecule has 1 atom stereocenters. The number of carbonyl (C=O) groups is 1. The normalized spacial score (nSPS) is 12.1. The monoisotopic (exact) mass is 402 g/mol. The Labute approximate surface area is 180 Å². The maximum atomic E-state index is 12.2. The van der Waals surface area contributed by atoms with Gasteiger partial charge in [-0.15, -0.1) is 0 Å². The number of nitrogens with two attached hydrogens (primary N) is 1. The van der Waals surface area contributed by atoms with Crippen LogP contribution < -0.4 is 11.1 Å². The minimum Gasteiger partial charge on any atom is -0.348 e. The molecule has 1 aromatic rings. The molecule has 0 saturated heterocycles. The largest absolute Gasteiger partial charge is 0.348 e. The van der Waals surface area contributed by atoms with Crippen molar-refractivity contribution in [1.82, 2.24) is 5.32 Å². The molecule has 166 valence electrons. The van der Waals surface area contributed by atoms with E-state index in [0.717, 1.165) is 18.4 Å². The fraction of sp³-hybridized carbons (Fsp3) is 0.731. The van der Waals surface area contributed by atoms with Gasteiger partial charge in [0.05, 0.1) is 6.04 Å². The van der Waals surface area contributed by atoms with Crippen LogP contribution in [0, 0.1) is 0 Å². The van der Waals surface area contributed by atoms with Crippen LogP contribution in [-0.4, -0.2) is 12.5 Å². The van der Waals surface area contributed by atoms with Crippen molar-refractivity contribution in [2.75, 3.05) is 6.54 Å². The Kier molecular flexibility index (Phi) is 16.5. The number of hydrogen-bond donors (Lipinski definition) is 2. The van der Waals surface area contributed by atoms with Crippen molar-refractivity contribution in [3.8, 4) is 0 Å². The molecule has 0 saturated carbocycles. The number of unbranched alkanes of at least 4 members (excludes halogenated alkanes) is 14. The maximum absolute atomic E-state index is 12.2. The van der Waals surface area contributed by atoms with Crippen LogP contribution in [0.4, 0.5) is 0 Å². The van der Waals surface area contributed by atoms with E-state index in [-0.39, 0.29) is 11.9 Å². The summed E-state index contributed by atoms with van der Waals surface area (Å²) in [5.41, 5.74) is 6.91. The molecule has 3 nitrogen and oxygen atoms in total. The number of hydrogen-bond acceptors (Lipinski definition) is 2. The molecule has 0 radical (unpaired) electrons. The van der Waals surface area contributed by atoms with Crippen LogP contribution >= 0.6 is 0 Å². The summed E-state index contributed by atoms with van der Waals surface area (Å²) < 4.78 is 0. The van der Waals surface area contributed by atoms with Gasteiger partial charge < -0.3 is 11.1 Å². The molecule has 1 unspecified atom stereocenters. The first-order valence-electron chi connectivity index (χ1n) is 12.3. The molecule has 0 fully saturated rings. The first kappa shape index (κ1) is 25.7. The molecule has 0 spiro atoms. The summed E-state index contributed by atoms with van der Waals surface area (Å²) in [6.07, 6.45) is 20.8. The highest BCUT2D eigenvalue weighted by atomic mass is 16.1. The maximum Gasteiger partial charge on any atom is 0.220 e. The van der Waals surface area contributed by atoms with Crippen LogP contribution in [0.1, 0.15) is 121 Å². The zero-order valence-electron chi connectivity index (χ0n) is 19.0. The fourth-order valence-corrected chi connectivity index (χ4v) is 3.89. The molecule has 1 rings (SSSR count). The second-order valence-corrected chi connectivity index (χ2v) is 8.47. The summed E-state index contributed by atoms with van der Waals surface area (Å²) in [6.45, 7) is 2.72. The third-order valence-corrected chi connectivity index (χ3v) is 5.78. The summed E-state index contributed by atoms with van der Waals surface area (Å²) in [6, 6.07) is 9.92. The van der Waals surface area contributed by atoms with Crippen molar-refractivity contribution in [3.63, 3.8) is 0 Å². The zero-order valence-corrected chi connectivity index (χ0v) is 19.0. The molecule has 3 heteroatoms. The van der Waals surface area contributed by atoms with Crippen LogP contribution in [0.2, 0.25) is 0 Å². The highest BCUT2D eigenvalue weighted by molar-refractivity contribution is 5.76. The molecule has 0 bridgehead atoms. The number of rotatable bonds is 19. The first-order valence-corrected chi connectivity index (χ1v) is 12.3. The molecule has 1 amide bonds. The van der Waals surface area contributed by atoms with Gasteiger partial charge in [-0.25, -0.2) is 0 Å². The van der Waals surface area contributed by atoms with Crippen LogP contribution in [-0.2, 0) is 4.79 Å². The zero-order chi connectivity index (χ0) is 21.0. The summed E-state index contributed by atoms with van der Waals surface area (Å²) in [5, 5.41) is 3.07. The lowest BCUT2D eigenvalue weighted by atomic mass is 10.0. The molecule has 0 aliphatic heterocycles. The van der Waals surface area contributed by atoms with Gasteiger partial charge in [-0.2, -0.15) is 0 Å². The van der Waals surface area contributed by atoms with Gasteiger partial charge in [-0.1, -0.05) is 127 Å². The van der Waals surface area contributed by atoms with E-state index in [1.165, 1.54) is 83.5 Å². The van der Waals surface area contributed by atoms with Crippen molar-refractivity contribution in [2.45, 2.75) is 116 Å². The Balaban J connectivity index is 1.88. The summed E-state index contributed by atoms with van der Waals surface area (Å²) in [4.78, 5) is 12.2. The van der Waals surface area contributed by atoms with E-state index in [1.54, 1.807) is 0 Å². The summed E-state index contributed by atoms with van der Waals surface area (Å²) in [5.74, 6) is 0.124. The van der Waals surface area contributed by atoms with Crippen molar-refractivity contribution in [3.05, 3.63) is 35.9 Å². The van der Waals surface area contributed by atoms with Crippen molar-refractivity contribution in [1.29, 1.82) is 0 Å². The van der Waals surface area contributed by atoms with Crippen LogP contribution in [0.25, 0.3) is 0 Å². The van der Waals surface area contributed by atoms with Gasteiger partial charge in [-0.05, 0) is 12.0 Å². The van der Waals surface area contributed by atoms with Crippen molar-refractivity contribution >= 4 is 5.91 Å². The fourth-order valence-electron chi connectivity index (χ4n) is 3.89. The lowest BCUT2D eigenvalue weighted by molar-refractivity contribution is -0.121. The van der Waals surface area contributed by atoms with E-state index < -0.39 is 0 Å². The molecular formula is C26H46N2O. The second kappa shape index (κ2) is 18.7. The quantitative estimate of drug-likeness (QED) is 0.243. The second-order valence-electron chi connectivity index (χ2n) is 8.47. The lowest BCUT2D eigenvalue weighted by Crippen LogP contribution is -2.33. The van der Waals surface area contributed by atoms with E-state index in [0.29, 0.717) is 13.0 Å². The third-order valence-electron chi connectivity index (χ3n) is 5.78. The highest BCUT2D eigenvalue weighted by Gasteiger charge is 2.12. The average molecular weight is 403 g/mol. The smallest absolute Gasteiger partial charge is 0.220 e.